The zero-order chi connectivity index (χ0) is 17.8. The number of phenols is 1. The predicted octanol–water partition coefficient (Wildman–Crippen LogP) is 3.90. The fourth-order valence-corrected chi connectivity index (χ4v) is 6.14. The molecule has 0 amide bonds. The van der Waals surface area contributed by atoms with Crippen molar-refractivity contribution in [3.05, 3.63) is 28.8 Å². The normalized spacial score (nSPS) is 37.9. The van der Waals surface area contributed by atoms with Gasteiger partial charge in [0, 0.05) is 19.8 Å². The van der Waals surface area contributed by atoms with E-state index in [1.54, 1.807) is 14.2 Å². The second-order valence-corrected chi connectivity index (χ2v) is 8.47. The van der Waals surface area contributed by atoms with Crippen LogP contribution in [-0.2, 0) is 15.9 Å². The number of aryl methyl sites for hydroxylation is 1. The zero-order valence-electron chi connectivity index (χ0n) is 15.5. The molecule has 0 aliphatic heterocycles. The van der Waals surface area contributed by atoms with E-state index in [9.17, 15) is 10.2 Å². The van der Waals surface area contributed by atoms with Crippen molar-refractivity contribution in [2.24, 2.45) is 17.3 Å². The highest BCUT2D eigenvalue weighted by atomic mass is 17.4. The Morgan fingerprint density at radius 1 is 1.24 bits per heavy atom. The summed E-state index contributed by atoms with van der Waals surface area (Å²) in [5, 5.41) is 20.9. The molecule has 3 aliphatic rings. The smallest absolute Gasteiger partial charge is 0.186 e. The Hall–Kier alpha value is -1.10. The summed E-state index contributed by atoms with van der Waals surface area (Å²) in [4.78, 5) is 0. The third kappa shape index (κ3) is 2.53. The van der Waals surface area contributed by atoms with Crippen LogP contribution in [0.15, 0.2) is 12.1 Å². The van der Waals surface area contributed by atoms with E-state index in [-0.39, 0.29) is 17.3 Å². The van der Waals surface area contributed by atoms with E-state index in [0.717, 1.165) is 37.7 Å². The minimum atomic E-state index is -0.534. The van der Waals surface area contributed by atoms with Crippen molar-refractivity contribution >= 4 is 0 Å². The quantitative estimate of drug-likeness (QED) is 0.814. The number of hydrogen-bond donors (Lipinski definition) is 2. The standard InChI is InChI=1S/C21H30O4/c1-21-9-8-13-14(17(21)6-7-19(21)23)5-4-12-10-18(22)16(11-15(12)13)20(24-2)25-3/h10-11,13-14,17,19-20,22-23H,4-9H2,1-3H3/t13-,14+,17-,19-,21-/m0/s1/i24+1/t13-,14+,17-,19-,20?,21-. The Bertz CT molecular complexity index is 654. The summed E-state index contributed by atoms with van der Waals surface area (Å²) in [6, 6.07) is 4.04. The van der Waals surface area contributed by atoms with E-state index in [4.69, 9.17) is 9.47 Å². The molecule has 1 aromatic rings. The van der Waals surface area contributed by atoms with Gasteiger partial charge in [-0.1, -0.05) is 6.92 Å². The predicted molar refractivity (Wildman–Crippen MR) is 95.5 cm³/mol. The van der Waals surface area contributed by atoms with E-state index < -0.39 is 6.29 Å². The summed E-state index contributed by atoms with van der Waals surface area (Å²) in [7, 11) is 3.20. The van der Waals surface area contributed by atoms with Crippen LogP contribution in [0.3, 0.4) is 0 Å². The third-order valence-corrected chi connectivity index (χ3v) is 7.50. The van der Waals surface area contributed by atoms with E-state index >= 15 is 0 Å². The Kier molecular flexibility index (Phi) is 4.33. The maximum Gasteiger partial charge on any atom is 0.186 e. The largest absolute Gasteiger partial charge is 0.507 e. The molecule has 0 heterocycles. The first-order valence-electron chi connectivity index (χ1n) is 9.59. The number of fused-ring (bicyclic) bond motifs is 5. The Labute approximate surface area is 150 Å². The first-order valence-corrected chi connectivity index (χ1v) is 9.59. The van der Waals surface area contributed by atoms with Gasteiger partial charge in [-0.2, -0.15) is 0 Å². The number of aromatic hydroxyl groups is 1. The summed E-state index contributed by atoms with van der Waals surface area (Å²) in [6.45, 7) is 2.30. The summed E-state index contributed by atoms with van der Waals surface area (Å²) in [5.74, 6) is 2.06. The van der Waals surface area contributed by atoms with Crippen LogP contribution in [-0.4, -0.2) is 30.5 Å². The Balaban J connectivity index is 1.71. The van der Waals surface area contributed by atoms with Crippen molar-refractivity contribution < 1.29 is 19.7 Å². The monoisotopic (exact) mass is 347 g/mol. The van der Waals surface area contributed by atoms with E-state index in [1.807, 2.05) is 6.07 Å². The molecule has 0 spiro atoms. The molecule has 2 fully saturated rings. The minimum Gasteiger partial charge on any atom is -0.507 e. The van der Waals surface area contributed by atoms with Crippen LogP contribution in [0, 0.1) is 17.3 Å². The average molecular weight is 347 g/mol. The van der Waals surface area contributed by atoms with Gasteiger partial charge in [-0.15, -0.1) is 0 Å². The van der Waals surface area contributed by atoms with Gasteiger partial charge in [-0.3, -0.25) is 0 Å². The molecule has 2 saturated carbocycles. The summed E-state index contributed by atoms with van der Waals surface area (Å²) >= 11 is 0. The molecule has 0 saturated heterocycles. The highest BCUT2D eigenvalue weighted by Gasteiger charge is 2.54. The fourth-order valence-electron chi connectivity index (χ4n) is 6.14. The SMILES string of the molecule is COC([17O]C)c1cc2c(cc1O)CC[C@@H]1[C@@H]2CC[C@]2(C)[C@@H](O)CC[C@@H]12. The topological polar surface area (TPSA) is 58.9 Å². The van der Waals surface area contributed by atoms with Gasteiger partial charge in [0.05, 0.1) is 6.10 Å². The molecular weight excluding hydrogens is 317 g/mol. The van der Waals surface area contributed by atoms with Gasteiger partial charge in [-0.05, 0) is 85.0 Å². The number of aliphatic hydroxyl groups excluding tert-OH is 1. The van der Waals surface area contributed by atoms with Crippen molar-refractivity contribution in [1.82, 2.24) is 0 Å². The lowest BCUT2D eigenvalue weighted by Gasteiger charge is -2.50. The molecule has 3 aliphatic carbocycles. The molecule has 0 radical (unpaired) electrons. The van der Waals surface area contributed by atoms with Gasteiger partial charge in [-0.25, -0.2) is 0 Å². The molecule has 1 aromatic carbocycles. The summed E-state index contributed by atoms with van der Waals surface area (Å²) in [5.41, 5.74) is 3.46. The molecule has 0 bridgehead atoms. The lowest BCUT2D eigenvalue weighted by atomic mass is 9.55. The zero-order valence-corrected chi connectivity index (χ0v) is 15.5. The summed E-state index contributed by atoms with van der Waals surface area (Å²) < 4.78 is 10.8. The lowest BCUT2D eigenvalue weighted by Crippen LogP contribution is -2.43. The molecule has 25 heavy (non-hydrogen) atoms. The first-order chi connectivity index (χ1) is 12.0. The molecular formula is C21H30O4. The molecule has 0 aromatic heterocycles. The van der Waals surface area contributed by atoms with Gasteiger partial charge in [0.25, 0.3) is 0 Å². The van der Waals surface area contributed by atoms with Crippen LogP contribution in [0.25, 0.3) is 0 Å². The first kappa shape index (κ1) is 17.3. The number of aliphatic hydroxyl groups is 1. The maximum atomic E-state index is 10.5. The van der Waals surface area contributed by atoms with Crippen molar-refractivity contribution in [2.75, 3.05) is 14.2 Å². The van der Waals surface area contributed by atoms with Crippen LogP contribution in [0.2, 0.25) is 0 Å². The lowest BCUT2D eigenvalue weighted by molar-refractivity contribution is -0.107. The second-order valence-electron chi connectivity index (χ2n) is 8.47. The van der Waals surface area contributed by atoms with Crippen molar-refractivity contribution in [3.8, 4) is 5.75 Å². The Morgan fingerprint density at radius 3 is 2.76 bits per heavy atom. The molecule has 138 valence electrons. The van der Waals surface area contributed by atoms with Crippen LogP contribution < -0.4 is 0 Å². The van der Waals surface area contributed by atoms with E-state index in [2.05, 4.69) is 13.0 Å². The van der Waals surface area contributed by atoms with Crippen LogP contribution in [0.5, 0.6) is 5.75 Å². The fraction of sp³-hybridized carbons (Fsp3) is 0.714. The minimum absolute atomic E-state index is 0.0972. The maximum absolute atomic E-state index is 10.5. The molecule has 4 heteroatoms. The van der Waals surface area contributed by atoms with E-state index in [0.29, 0.717) is 17.8 Å². The highest BCUT2D eigenvalue weighted by molar-refractivity contribution is 5.46. The number of phenolic OH excluding ortho intramolecular Hbond substituents is 1. The van der Waals surface area contributed by atoms with Crippen molar-refractivity contribution in [1.29, 1.82) is 0 Å². The second kappa shape index (κ2) is 6.26. The van der Waals surface area contributed by atoms with Crippen molar-refractivity contribution in [3.63, 3.8) is 0 Å². The number of ether oxygens (including phenoxy) is 2. The number of rotatable bonds is 3. The summed E-state index contributed by atoms with van der Waals surface area (Å²) in [6.07, 6.45) is 5.82. The molecule has 4 nitrogen and oxygen atoms in total. The van der Waals surface area contributed by atoms with Gasteiger partial charge >= 0.3 is 0 Å². The average Bonchev–Trinajstić information content (AvgIpc) is 2.91. The molecule has 2 N–H and O–H groups in total. The van der Waals surface area contributed by atoms with E-state index in [1.165, 1.54) is 17.5 Å². The highest BCUT2D eigenvalue weighted by Crippen LogP contribution is 2.61. The molecule has 6 atom stereocenters. The Morgan fingerprint density at radius 2 is 2.04 bits per heavy atom. The van der Waals surface area contributed by atoms with Gasteiger partial charge < -0.3 is 19.7 Å². The van der Waals surface area contributed by atoms with Crippen molar-refractivity contribution in [2.45, 2.75) is 63.8 Å². The number of hydrogen-bond acceptors (Lipinski definition) is 4. The van der Waals surface area contributed by atoms with Crippen LogP contribution >= 0.6 is 0 Å². The van der Waals surface area contributed by atoms with Crippen LogP contribution in [0.1, 0.15) is 67.9 Å². The van der Waals surface area contributed by atoms with Gasteiger partial charge in [0.1, 0.15) is 5.75 Å². The van der Waals surface area contributed by atoms with Gasteiger partial charge in [0.15, 0.2) is 6.29 Å². The molecule has 4 rings (SSSR count). The van der Waals surface area contributed by atoms with Crippen LogP contribution in [0.4, 0.5) is 0 Å². The molecule has 1 unspecified atom stereocenters. The number of methoxy groups -OCH3 is 2. The number of benzene rings is 1. The third-order valence-electron chi connectivity index (χ3n) is 7.50. The van der Waals surface area contributed by atoms with Gasteiger partial charge in [0.2, 0.25) is 0 Å².